The molecule has 0 saturated carbocycles. The van der Waals surface area contributed by atoms with E-state index >= 15 is 0 Å². The molecule has 2 fully saturated rings. The second-order valence-electron chi connectivity index (χ2n) is 9.60. The first kappa shape index (κ1) is 25.5. The number of terminal acetylenes is 1. The first-order valence-electron chi connectivity index (χ1n) is 11.2. The Balaban J connectivity index is 1.70. The Labute approximate surface area is 189 Å². The molecule has 2 aliphatic heterocycles. The Kier molecular flexibility index (Phi) is 8.93. The van der Waals surface area contributed by atoms with Crippen LogP contribution < -0.4 is 5.32 Å². The highest BCUT2D eigenvalue weighted by molar-refractivity contribution is 5.83. The average Bonchev–Trinajstić information content (AvgIpc) is 3.20. The zero-order valence-electron chi connectivity index (χ0n) is 19.3. The van der Waals surface area contributed by atoms with Crippen LogP contribution in [-0.4, -0.2) is 76.6 Å². The van der Waals surface area contributed by atoms with E-state index in [4.69, 9.17) is 16.3 Å². The number of nitrogens with zero attached hydrogens (tertiary/aromatic N) is 2. The van der Waals surface area contributed by atoms with Gasteiger partial charge < -0.3 is 25.0 Å². The van der Waals surface area contributed by atoms with Gasteiger partial charge in [-0.15, -0.1) is 6.42 Å². The number of carboxylic acids is 1. The lowest BCUT2D eigenvalue weighted by Gasteiger charge is -2.33. The number of aliphatic carboxylic acids is 1. The third kappa shape index (κ3) is 8.06. The van der Waals surface area contributed by atoms with Gasteiger partial charge in [-0.05, 0) is 52.4 Å². The van der Waals surface area contributed by atoms with Crippen LogP contribution in [0.5, 0.6) is 0 Å². The average molecular weight is 450 g/mol. The van der Waals surface area contributed by atoms with E-state index in [-0.39, 0.29) is 30.2 Å². The number of carbonyl (C=O) groups is 4. The predicted octanol–water partition coefficient (Wildman–Crippen LogP) is 1.85. The van der Waals surface area contributed by atoms with Crippen LogP contribution in [0.2, 0.25) is 0 Å². The molecule has 2 N–H and O–H groups in total. The number of rotatable bonds is 7. The van der Waals surface area contributed by atoms with Crippen LogP contribution in [0.1, 0.15) is 59.3 Å². The van der Waals surface area contributed by atoms with Crippen molar-refractivity contribution < 1.29 is 29.0 Å². The number of hydrogen-bond donors (Lipinski definition) is 2. The zero-order valence-corrected chi connectivity index (χ0v) is 19.3. The molecule has 178 valence electrons. The number of carbonyl (C=O) groups excluding carboxylic acids is 3. The number of ether oxygens (including phenoxy) is 1. The van der Waals surface area contributed by atoms with Gasteiger partial charge in [0.2, 0.25) is 11.8 Å². The van der Waals surface area contributed by atoms with Gasteiger partial charge in [-0.25, -0.2) is 4.79 Å². The minimum atomic E-state index is -1.08. The van der Waals surface area contributed by atoms with Crippen LogP contribution in [0.25, 0.3) is 0 Å². The fraction of sp³-hybridized carbons (Fsp3) is 0.739. The molecule has 2 aliphatic rings. The second-order valence-corrected chi connectivity index (χ2v) is 9.60. The molecule has 2 heterocycles. The van der Waals surface area contributed by atoms with Crippen molar-refractivity contribution in [1.29, 1.82) is 0 Å². The van der Waals surface area contributed by atoms with Crippen LogP contribution in [0, 0.1) is 24.2 Å². The summed E-state index contributed by atoms with van der Waals surface area (Å²) in [6.45, 7) is 7.64. The van der Waals surface area contributed by atoms with Crippen LogP contribution in [0.15, 0.2) is 0 Å². The second kappa shape index (κ2) is 11.2. The monoisotopic (exact) mass is 449 g/mol. The summed E-state index contributed by atoms with van der Waals surface area (Å²) in [4.78, 5) is 51.3. The SMILES string of the molecule is C#C[C@H](CC(=O)O)NC(=O)C1CCN(C(=O)CCC2CCN(C(=O)OC(C)(C)C)CC2)C1. The van der Waals surface area contributed by atoms with Crippen molar-refractivity contribution in [2.45, 2.75) is 70.9 Å². The number of piperidine rings is 1. The first-order valence-corrected chi connectivity index (χ1v) is 11.2. The first-order chi connectivity index (χ1) is 15.0. The molecular formula is C23H35N3O6. The Morgan fingerprint density at radius 2 is 1.75 bits per heavy atom. The van der Waals surface area contributed by atoms with Crippen molar-refractivity contribution in [3.8, 4) is 12.3 Å². The number of likely N-dealkylation sites (tertiary alicyclic amines) is 2. The van der Waals surface area contributed by atoms with Gasteiger partial charge in [-0.3, -0.25) is 14.4 Å². The summed E-state index contributed by atoms with van der Waals surface area (Å²) in [7, 11) is 0. The number of amides is 3. The molecule has 2 atom stereocenters. The third-order valence-corrected chi connectivity index (χ3v) is 5.84. The maximum atomic E-state index is 12.6. The van der Waals surface area contributed by atoms with Gasteiger partial charge in [-0.2, -0.15) is 0 Å². The van der Waals surface area contributed by atoms with Crippen molar-refractivity contribution in [3.05, 3.63) is 0 Å². The summed E-state index contributed by atoms with van der Waals surface area (Å²) in [6.07, 6.45) is 8.06. The minimum absolute atomic E-state index is 0.0221. The Morgan fingerprint density at radius 1 is 1.12 bits per heavy atom. The van der Waals surface area contributed by atoms with Crippen LogP contribution in [0.3, 0.4) is 0 Å². The molecule has 9 heteroatoms. The van der Waals surface area contributed by atoms with Gasteiger partial charge in [0.05, 0.1) is 12.3 Å². The lowest BCUT2D eigenvalue weighted by Crippen LogP contribution is -2.42. The molecule has 0 aromatic heterocycles. The van der Waals surface area contributed by atoms with E-state index in [9.17, 15) is 19.2 Å². The van der Waals surface area contributed by atoms with E-state index in [1.807, 2.05) is 20.8 Å². The van der Waals surface area contributed by atoms with Crippen molar-refractivity contribution in [3.63, 3.8) is 0 Å². The van der Waals surface area contributed by atoms with Crippen molar-refractivity contribution in [2.75, 3.05) is 26.2 Å². The molecule has 9 nitrogen and oxygen atoms in total. The molecule has 0 aromatic rings. The predicted molar refractivity (Wildman–Crippen MR) is 117 cm³/mol. The molecule has 0 spiro atoms. The molecule has 0 aromatic carbocycles. The fourth-order valence-electron chi connectivity index (χ4n) is 4.03. The molecule has 1 unspecified atom stereocenters. The number of hydrogen-bond acceptors (Lipinski definition) is 5. The van der Waals surface area contributed by atoms with Gasteiger partial charge in [0, 0.05) is 32.6 Å². The number of carboxylic acid groups (broad SMARTS) is 1. The van der Waals surface area contributed by atoms with E-state index in [1.165, 1.54) is 0 Å². The Bertz CT molecular complexity index is 746. The third-order valence-electron chi connectivity index (χ3n) is 5.84. The zero-order chi connectivity index (χ0) is 23.9. The molecule has 0 bridgehead atoms. The van der Waals surface area contributed by atoms with Crippen molar-refractivity contribution in [1.82, 2.24) is 15.1 Å². The van der Waals surface area contributed by atoms with Gasteiger partial charge >= 0.3 is 12.1 Å². The summed E-state index contributed by atoms with van der Waals surface area (Å²) in [5.74, 6) is 0.921. The van der Waals surface area contributed by atoms with E-state index < -0.39 is 17.6 Å². The lowest BCUT2D eigenvalue weighted by molar-refractivity contribution is -0.137. The van der Waals surface area contributed by atoms with Gasteiger partial charge in [-0.1, -0.05) is 5.92 Å². The standard InChI is InChI=1S/C23H35N3O6/c1-5-18(14-20(28)29)24-21(30)17-10-13-26(15-17)19(27)7-6-16-8-11-25(12-9-16)22(31)32-23(2,3)4/h1,16-18H,6-15H2,2-4H3,(H,24,30)(H,28,29)/t17?,18-/m1/s1. The molecule has 32 heavy (non-hydrogen) atoms. The molecule has 2 saturated heterocycles. The smallest absolute Gasteiger partial charge is 0.410 e. The fourth-order valence-corrected chi connectivity index (χ4v) is 4.03. The maximum Gasteiger partial charge on any atom is 0.410 e. The lowest BCUT2D eigenvalue weighted by atomic mass is 9.92. The Hall–Kier alpha value is -2.76. The van der Waals surface area contributed by atoms with Gasteiger partial charge in [0.25, 0.3) is 0 Å². The topological polar surface area (TPSA) is 116 Å². The van der Waals surface area contributed by atoms with Gasteiger partial charge in [0.1, 0.15) is 11.6 Å². The van der Waals surface area contributed by atoms with Crippen LogP contribution >= 0.6 is 0 Å². The minimum Gasteiger partial charge on any atom is -0.481 e. The largest absolute Gasteiger partial charge is 0.481 e. The van der Waals surface area contributed by atoms with Crippen LogP contribution in [0.4, 0.5) is 4.79 Å². The quantitative estimate of drug-likeness (QED) is 0.573. The highest BCUT2D eigenvalue weighted by Crippen LogP contribution is 2.25. The number of nitrogens with one attached hydrogen (secondary N) is 1. The van der Waals surface area contributed by atoms with E-state index in [0.717, 1.165) is 19.3 Å². The molecule has 0 aliphatic carbocycles. The van der Waals surface area contributed by atoms with Crippen LogP contribution in [-0.2, 0) is 19.1 Å². The summed E-state index contributed by atoms with van der Waals surface area (Å²) < 4.78 is 5.41. The van der Waals surface area contributed by atoms with Crippen molar-refractivity contribution in [2.24, 2.45) is 11.8 Å². The summed E-state index contributed by atoms with van der Waals surface area (Å²) >= 11 is 0. The molecule has 2 rings (SSSR count). The van der Waals surface area contributed by atoms with Crippen molar-refractivity contribution >= 4 is 23.9 Å². The maximum absolute atomic E-state index is 12.6. The normalized spacial score (nSPS) is 20.4. The molecule has 0 radical (unpaired) electrons. The van der Waals surface area contributed by atoms with E-state index in [2.05, 4.69) is 11.2 Å². The highest BCUT2D eigenvalue weighted by Gasteiger charge is 2.33. The summed E-state index contributed by atoms with van der Waals surface area (Å²) in [6, 6.07) is -0.851. The summed E-state index contributed by atoms with van der Waals surface area (Å²) in [5, 5.41) is 11.4. The summed E-state index contributed by atoms with van der Waals surface area (Å²) in [5.41, 5.74) is -0.511. The van der Waals surface area contributed by atoms with E-state index in [0.29, 0.717) is 44.9 Å². The molecule has 3 amide bonds. The molecular weight excluding hydrogens is 414 g/mol. The van der Waals surface area contributed by atoms with E-state index in [1.54, 1.807) is 9.80 Å². The van der Waals surface area contributed by atoms with Gasteiger partial charge in [0.15, 0.2) is 0 Å². The highest BCUT2D eigenvalue weighted by atomic mass is 16.6. The Morgan fingerprint density at radius 3 is 2.31 bits per heavy atom.